The van der Waals surface area contributed by atoms with Crippen molar-refractivity contribution in [2.75, 3.05) is 0 Å². The van der Waals surface area contributed by atoms with Gasteiger partial charge in [-0.1, -0.05) is 11.6 Å². The molecule has 0 spiro atoms. The normalized spacial score (nSPS) is 19.6. The quantitative estimate of drug-likeness (QED) is 0.807. The maximum absolute atomic E-state index is 13.2. The van der Waals surface area contributed by atoms with Gasteiger partial charge in [0.05, 0.1) is 0 Å². The van der Waals surface area contributed by atoms with Crippen LogP contribution >= 0.6 is 11.6 Å². The third-order valence-corrected chi connectivity index (χ3v) is 4.50. The molecule has 1 saturated carbocycles. The molecule has 0 radical (unpaired) electrons. The summed E-state index contributed by atoms with van der Waals surface area (Å²) in [4.78, 5) is 0. The lowest BCUT2D eigenvalue weighted by atomic mass is 9.86. The van der Waals surface area contributed by atoms with Crippen molar-refractivity contribution in [2.45, 2.75) is 51.4 Å². The number of fused-ring (bicyclic) bond motifs is 1. The third-order valence-electron chi connectivity index (χ3n) is 4.14. The maximum atomic E-state index is 13.2. The van der Waals surface area contributed by atoms with E-state index in [1.165, 1.54) is 0 Å². The van der Waals surface area contributed by atoms with E-state index in [9.17, 15) is 8.78 Å². The van der Waals surface area contributed by atoms with Crippen molar-refractivity contribution >= 4 is 17.2 Å². The van der Waals surface area contributed by atoms with Crippen molar-refractivity contribution in [3.63, 3.8) is 0 Å². The van der Waals surface area contributed by atoms with E-state index in [4.69, 9.17) is 11.6 Å². The standard InChI is InChI=1S/C13H15ClF2N4/c1-7-8(2)11-17-18-12(20(11)19-10(7)14)9-3-5-13(15,16)6-4-9/h9H,3-6H2,1-2H3. The van der Waals surface area contributed by atoms with E-state index < -0.39 is 5.92 Å². The van der Waals surface area contributed by atoms with Crippen molar-refractivity contribution in [1.82, 2.24) is 19.8 Å². The Balaban J connectivity index is 2.01. The van der Waals surface area contributed by atoms with Crippen molar-refractivity contribution in [3.8, 4) is 0 Å². The van der Waals surface area contributed by atoms with Crippen LogP contribution in [0.2, 0.25) is 5.15 Å². The van der Waals surface area contributed by atoms with Crippen molar-refractivity contribution in [3.05, 3.63) is 22.1 Å². The van der Waals surface area contributed by atoms with Crippen LogP contribution in [0.1, 0.15) is 48.6 Å². The first-order valence-electron chi connectivity index (χ1n) is 6.65. The lowest BCUT2D eigenvalue weighted by Gasteiger charge is -2.26. The van der Waals surface area contributed by atoms with Gasteiger partial charge in [-0.15, -0.1) is 10.2 Å². The Kier molecular flexibility index (Phi) is 3.16. The minimum Gasteiger partial charge on any atom is -0.207 e. The summed E-state index contributed by atoms with van der Waals surface area (Å²) >= 11 is 6.10. The van der Waals surface area contributed by atoms with Gasteiger partial charge in [0, 0.05) is 24.3 Å². The Labute approximate surface area is 120 Å². The number of hydrogen-bond acceptors (Lipinski definition) is 3. The molecule has 1 aliphatic carbocycles. The molecule has 3 rings (SSSR count). The first kappa shape index (κ1) is 13.7. The van der Waals surface area contributed by atoms with Gasteiger partial charge in [-0.2, -0.15) is 9.61 Å². The van der Waals surface area contributed by atoms with E-state index >= 15 is 0 Å². The summed E-state index contributed by atoms with van der Waals surface area (Å²) in [5.41, 5.74) is 2.44. The van der Waals surface area contributed by atoms with E-state index in [0.29, 0.717) is 29.5 Å². The topological polar surface area (TPSA) is 43.1 Å². The summed E-state index contributed by atoms with van der Waals surface area (Å²) in [5.74, 6) is -1.94. The minimum absolute atomic E-state index is 0.0321. The highest BCUT2D eigenvalue weighted by Gasteiger charge is 2.37. The Morgan fingerprint density at radius 1 is 1.15 bits per heavy atom. The predicted molar refractivity (Wildman–Crippen MR) is 71.4 cm³/mol. The zero-order valence-corrected chi connectivity index (χ0v) is 12.1. The number of rotatable bonds is 1. The molecule has 4 nitrogen and oxygen atoms in total. The molecule has 7 heteroatoms. The van der Waals surface area contributed by atoms with Crippen LogP contribution in [0.15, 0.2) is 0 Å². The number of hydrogen-bond donors (Lipinski definition) is 0. The van der Waals surface area contributed by atoms with Crippen LogP contribution in [0.3, 0.4) is 0 Å². The molecule has 0 atom stereocenters. The van der Waals surface area contributed by atoms with Crippen molar-refractivity contribution in [2.24, 2.45) is 0 Å². The van der Waals surface area contributed by atoms with E-state index in [1.807, 2.05) is 13.8 Å². The molecule has 1 fully saturated rings. The van der Waals surface area contributed by atoms with Crippen molar-refractivity contribution in [1.29, 1.82) is 0 Å². The summed E-state index contributed by atoms with van der Waals surface area (Å²) in [5, 5.41) is 13.0. The molecule has 2 aromatic rings. The fourth-order valence-electron chi connectivity index (χ4n) is 2.66. The first-order chi connectivity index (χ1) is 9.39. The molecule has 2 aromatic heterocycles. The van der Waals surface area contributed by atoms with Crippen LogP contribution < -0.4 is 0 Å². The fraction of sp³-hybridized carbons (Fsp3) is 0.615. The molecule has 0 aliphatic heterocycles. The van der Waals surface area contributed by atoms with E-state index in [-0.39, 0.29) is 18.8 Å². The highest BCUT2D eigenvalue weighted by molar-refractivity contribution is 6.30. The largest absolute Gasteiger partial charge is 0.248 e. The van der Waals surface area contributed by atoms with Crippen LogP contribution in [0.4, 0.5) is 8.78 Å². The predicted octanol–water partition coefficient (Wildman–Crippen LogP) is 3.69. The fourth-order valence-corrected chi connectivity index (χ4v) is 2.88. The van der Waals surface area contributed by atoms with Gasteiger partial charge in [0.25, 0.3) is 0 Å². The second-order valence-electron chi connectivity index (χ2n) is 5.46. The van der Waals surface area contributed by atoms with Gasteiger partial charge in [0.1, 0.15) is 0 Å². The zero-order valence-electron chi connectivity index (χ0n) is 11.3. The van der Waals surface area contributed by atoms with Crippen molar-refractivity contribution < 1.29 is 8.78 Å². The highest BCUT2D eigenvalue weighted by atomic mass is 35.5. The average Bonchev–Trinajstić information content (AvgIpc) is 2.80. The summed E-state index contributed by atoms with van der Waals surface area (Å²) < 4.78 is 28.1. The Morgan fingerprint density at radius 3 is 2.45 bits per heavy atom. The second-order valence-corrected chi connectivity index (χ2v) is 5.82. The maximum Gasteiger partial charge on any atom is 0.248 e. The van der Waals surface area contributed by atoms with Gasteiger partial charge in [0.2, 0.25) is 5.92 Å². The molecule has 0 N–H and O–H groups in total. The molecule has 1 aliphatic rings. The molecule has 0 aromatic carbocycles. The Bertz CT molecular complexity index is 658. The van der Waals surface area contributed by atoms with Crippen LogP contribution in [-0.2, 0) is 0 Å². The van der Waals surface area contributed by atoms with Crippen LogP contribution in [0.5, 0.6) is 0 Å². The molecular weight excluding hydrogens is 286 g/mol. The second kappa shape index (κ2) is 4.62. The molecule has 0 saturated heterocycles. The SMILES string of the molecule is Cc1c(Cl)nn2c(C3CCC(F)(F)CC3)nnc2c1C. The number of halogens is 3. The van der Waals surface area contributed by atoms with E-state index in [0.717, 1.165) is 11.1 Å². The minimum atomic E-state index is -2.55. The Morgan fingerprint density at radius 2 is 1.80 bits per heavy atom. The average molecular weight is 301 g/mol. The smallest absolute Gasteiger partial charge is 0.207 e. The van der Waals surface area contributed by atoms with Gasteiger partial charge in [-0.25, -0.2) is 8.78 Å². The lowest BCUT2D eigenvalue weighted by molar-refractivity contribution is -0.0389. The van der Waals surface area contributed by atoms with Crippen LogP contribution in [0.25, 0.3) is 5.65 Å². The number of aromatic nitrogens is 4. The van der Waals surface area contributed by atoms with Gasteiger partial charge in [-0.3, -0.25) is 0 Å². The molecule has 2 heterocycles. The van der Waals surface area contributed by atoms with Crippen LogP contribution in [-0.4, -0.2) is 25.7 Å². The lowest BCUT2D eigenvalue weighted by Crippen LogP contribution is -2.24. The van der Waals surface area contributed by atoms with E-state index in [2.05, 4.69) is 15.3 Å². The van der Waals surface area contributed by atoms with E-state index in [1.54, 1.807) is 4.52 Å². The summed E-state index contributed by atoms with van der Waals surface area (Å²) in [6, 6.07) is 0. The van der Waals surface area contributed by atoms with Gasteiger partial charge in [0.15, 0.2) is 16.6 Å². The summed E-state index contributed by atoms with van der Waals surface area (Å²) in [7, 11) is 0. The summed E-state index contributed by atoms with van der Waals surface area (Å²) in [6.07, 6.45) is 0.594. The number of alkyl halides is 2. The van der Waals surface area contributed by atoms with Gasteiger partial charge >= 0.3 is 0 Å². The molecule has 0 amide bonds. The molecule has 0 unspecified atom stereocenters. The third kappa shape index (κ3) is 2.16. The highest BCUT2D eigenvalue weighted by Crippen LogP contribution is 2.40. The molecule has 0 bridgehead atoms. The monoisotopic (exact) mass is 300 g/mol. The van der Waals surface area contributed by atoms with Gasteiger partial charge in [-0.05, 0) is 32.3 Å². The Hall–Kier alpha value is -1.30. The molecule has 20 heavy (non-hydrogen) atoms. The number of aryl methyl sites for hydroxylation is 1. The molecular formula is C13H15ClF2N4. The molecule has 108 valence electrons. The number of nitrogens with zero attached hydrogens (tertiary/aromatic N) is 4. The first-order valence-corrected chi connectivity index (χ1v) is 7.03. The summed E-state index contributed by atoms with van der Waals surface area (Å²) in [6.45, 7) is 3.78. The zero-order chi connectivity index (χ0) is 14.5. The van der Waals surface area contributed by atoms with Gasteiger partial charge < -0.3 is 0 Å². The van der Waals surface area contributed by atoms with Crippen LogP contribution in [0, 0.1) is 13.8 Å².